The molecular weight excluding hydrogens is 274 g/mol. The number of aromatic nitrogens is 2. The number of carbonyl (C=O) groups excluding carboxylic acids is 1. The molecule has 0 radical (unpaired) electrons. The standard InChI is InChI=1S/C13H17N5OS/c1-3-10(13-15-4-5-20-13)17-12(19)9-6-8(2)16-11(7-9)18-14/h4-7,10H,3,14H2,1-2H3,(H,16,18)(H,17,19). The predicted molar refractivity (Wildman–Crippen MR) is 79.4 cm³/mol. The lowest BCUT2D eigenvalue weighted by molar-refractivity contribution is 0.0935. The molecule has 2 heterocycles. The summed E-state index contributed by atoms with van der Waals surface area (Å²) in [5, 5.41) is 5.78. The van der Waals surface area contributed by atoms with Crippen LogP contribution in [0.4, 0.5) is 5.82 Å². The summed E-state index contributed by atoms with van der Waals surface area (Å²) in [5.74, 6) is 5.65. The second-order valence-electron chi connectivity index (χ2n) is 4.33. The van der Waals surface area contributed by atoms with Gasteiger partial charge in [-0.1, -0.05) is 6.92 Å². The summed E-state index contributed by atoms with van der Waals surface area (Å²) in [6.45, 7) is 3.83. The molecule has 1 amide bonds. The Balaban J connectivity index is 2.17. The smallest absolute Gasteiger partial charge is 0.252 e. The third kappa shape index (κ3) is 3.31. The molecule has 20 heavy (non-hydrogen) atoms. The molecule has 0 aliphatic carbocycles. The van der Waals surface area contributed by atoms with Gasteiger partial charge in [0.2, 0.25) is 0 Å². The van der Waals surface area contributed by atoms with Crippen molar-refractivity contribution >= 4 is 23.1 Å². The molecule has 0 aliphatic rings. The van der Waals surface area contributed by atoms with E-state index in [1.807, 2.05) is 19.2 Å². The van der Waals surface area contributed by atoms with Gasteiger partial charge in [-0.2, -0.15) is 0 Å². The molecule has 2 rings (SSSR count). The average Bonchev–Trinajstić information content (AvgIpc) is 2.97. The quantitative estimate of drug-likeness (QED) is 0.579. The average molecular weight is 291 g/mol. The fourth-order valence-corrected chi connectivity index (χ4v) is 2.63. The molecule has 1 atom stereocenters. The number of nitrogens with zero attached hydrogens (tertiary/aromatic N) is 2. The summed E-state index contributed by atoms with van der Waals surface area (Å²) in [6.07, 6.45) is 2.52. The van der Waals surface area contributed by atoms with E-state index in [4.69, 9.17) is 5.84 Å². The number of thiazole rings is 1. The second-order valence-corrected chi connectivity index (χ2v) is 5.26. The number of carbonyl (C=O) groups is 1. The van der Waals surface area contributed by atoms with Crippen LogP contribution in [-0.4, -0.2) is 15.9 Å². The Labute approximate surface area is 121 Å². The Morgan fingerprint density at radius 2 is 2.30 bits per heavy atom. The molecule has 0 spiro atoms. The minimum atomic E-state index is -0.158. The van der Waals surface area contributed by atoms with Crippen molar-refractivity contribution in [1.82, 2.24) is 15.3 Å². The molecule has 106 valence electrons. The maximum Gasteiger partial charge on any atom is 0.252 e. The molecule has 0 saturated carbocycles. The van der Waals surface area contributed by atoms with E-state index in [0.717, 1.165) is 17.1 Å². The van der Waals surface area contributed by atoms with Crippen molar-refractivity contribution in [3.8, 4) is 0 Å². The number of hydrogen-bond acceptors (Lipinski definition) is 6. The van der Waals surface area contributed by atoms with Gasteiger partial charge in [0.05, 0.1) is 6.04 Å². The zero-order chi connectivity index (χ0) is 14.5. The molecule has 0 aromatic carbocycles. The number of anilines is 1. The third-order valence-electron chi connectivity index (χ3n) is 2.83. The number of pyridine rings is 1. The van der Waals surface area contributed by atoms with Crippen molar-refractivity contribution in [1.29, 1.82) is 0 Å². The minimum absolute atomic E-state index is 0.0785. The number of nitrogens with one attached hydrogen (secondary N) is 2. The van der Waals surface area contributed by atoms with Crippen LogP contribution in [0.15, 0.2) is 23.7 Å². The molecule has 1 unspecified atom stereocenters. The van der Waals surface area contributed by atoms with Gasteiger partial charge < -0.3 is 10.7 Å². The summed E-state index contributed by atoms with van der Waals surface area (Å²) >= 11 is 1.53. The predicted octanol–water partition coefficient (Wildman–Crippen LogP) is 2.01. The van der Waals surface area contributed by atoms with Crippen LogP contribution in [-0.2, 0) is 0 Å². The number of nitrogen functional groups attached to an aromatic ring is 1. The molecule has 2 aromatic rings. The molecule has 4 N–H and O–H groups in total. The van der Waals surface area contributed by atoms with E-state index >= 15 is 0 Å². The molecule has 0 bridgehead atoms. The van der Waals surface area contributed by atoms with Crippen molar-refractivity contribution in [2.45, 2.75) is 26.3 Å². The fourth-order valence-electron chi connectivity index (χ4n) is 1.86. The van der Waals surface area contributed by atoms with E-state index in [-0.39, 0.29) is 11.9 Å². The van der Waals surface area contributed by atoms with Gasteiger partial charge in [-0.05, 0) is 25.5 Å². The fraction of sp³-hybridized carbons (Fsp3) is 0.308. The van der Waals surface area contributed by atoms with Crippen LogP contribution in [0, 0.1) is 6.92 Å². The Morgan fingerprint density at radius 1 is 1.50 bits per heavy atom. The number of amides is 1. The molecule has 2 aromatic heterocycles. The highest BCUT2D eigenvalue weighted by Gasteiger charge is 2.16. The van der Waals surface area contributed by atoms with Crippen LogP contribution in [0.2, 0.25) is 0 Å². The highest BCUT2D eigenvalue weighted by atomic mass is 32.1. The van der Waals surface area contributed by atoms with Crippen LogP contribution in [0.25, 0.3) is 0 Å². The SMILES string of the molecule is CCC(NC(=O)c1cc(C)nc(NN)c1)c1nccs1. The molecule has 7 heteroatoms. The monoisotopic (exact) mass is 291 g/mol. The van der Waals surface area contributed by atoms with Crippen LogP contribution in [0.3, 0.4) is 0 Å². The van der Waals surface area contributed by atoms with Crippen molar-refractivity contribution < 1.29 is 4.79 Å². The number of hydrogen-bond donors (Lipinski definition) is 3. The highest BCUT2D eigenvalue weighted by molar-refractivity contribution is 7.09. The van der Waals surface area contributed by atoms with Gasteiger partial charge >= 0.3 is 0 Å². The van der Waals surface area contributed by atoms with Crippen molar-refractivity contribution in [3.05, 3.63) is 40.0 Å². The van der Waals surface area contributed by atoms with E-state index in [1.54, 1.807) is 18.3 Å². The third-order valence-corrected chi connectivity index (χ3v) is 3.72. The summed E-state index contributed by atoms with van der Waals surface area (Å²) in [5.41, 5.74) is 3.71. The summed E-state index contributed by atoms with van der Waals surface area (Å²) in [4.78, 5) is 20.7. The first-order chi connectivity index (χ1) is 9.63. The molecule has 0 fully saturated rings. The van der Waals surface area contributed by atoms with Gasteiger partial charge in [-0.25, -0.2) is 15.8 Å². The van der Waals surface area contributed by atoms with Crippen LogP contribution < -0.4 is 16.6 Å². The van der Waals surface area contributed by atoms with Gasteiger partial charge in [0.1, 0.15) is 10.8 Å². The van der Waals surface area contributed by atoms with Crippen molar-refractivity contribution in [2.24, 2.45) is 5.84 Å². The molecule has 0 saturated heterocycles. The van der Waals surface area contributed by atoms with Gasteiger partial charge in [0.15, 0.2) is 0 Å². The first kappa shape index (κ1) is 14.4. The van der Waals surface area contributed by atoms with E-state index in [2.05, 4.69) is 20.7 Å². The van der Waals surface area contributed by atoms with Crippen LogP contribution in [0.5, 0.6) is 0 Å². The Hall–Kier alpha value is -1.99. The van der Waals surface area contributed by atoms with Gasteiger partial charge in [0.25, 0.3) is 5.91 Å². The Morgan fingerprint density at radius 3 is 2.90 bits per heavy atom. The number of aryl methyl sites for hydroxylation is 1. The first-order valence-electron chi connectivity index (χ1n) is 6.29. The zero-order valence-electron chi connectivity index (χ0n) is 11.4. The summed E-state index contributed by atoms with van der Waals surface area (Å²) in [6, 6.07) is 3.27. The largest absolute Gasteiger partial charge is 0.343 e. The molecule has 0 aliphatic heterocycles. The maximum atomic E-state index is 12.3. The van der Waals surface area contributed by atoms with Crippen molar-refractivity contribution in [3.63, 3.8) is 0 Å². The molecular formula is C13H17N5OS. The highest BCUT2D eigenvalue weighted by Crippen LogP contribution is 2.19. The van der Waals surface area contributed by atoms with Crippen LogP contribution >= 0.6 is 11.3 Å². The van der Waals surface area contributed by atoms with Gasteiger partial charge in [0, 0.05) is 22.8 Å². The summed E-state index contributed by atoms with van der Waals surface area (Å²) < 4.78 is 0. The van der Waals surface area contributed by atoms with Crippen molar-refractivity contribution in [2.75, 3.05) is 5.43 Å². The molecule has 6 nitrogen and oxygen atoms in total. The number of rotatable bonds is 5. The van der Waals surface area contributed by atoms with E-state index in [9.17, 15) is 4.79 Å². The lowest BCUT2D eigenvalue weighted by Gasteiger charge is -2.15. The normalized spacial score (nSPS) is 11.9. The Kier molecular flexibility index (Phi) is 4.65. The van der Waals surface area contributed by atoms with Gasteiger partial charge in [-0.3, -0.25) is 4.79 Å². The summed E-state index contributed by atoms with van der Waals surface area (Å²) in [7, 11) is 0. The Bertz CT molecular complexity index is 584. The number of hydrazine groups is 1. The number of nitrogens with two attached hydrogens (primary N) is 1. The van der Waals surface area contributed by atoms with E-state index in [0.29, 0.717) is 11.4 Å². The van der Waals surface area contributed by atoms with Crippen LogP contribution in [0.1, 0.15) is 40.4 Å². The lowest BCUT2D eigenvalue weighted by atomic mass is 10.1. The van der Waals surface area contributed by atoms with Gasteiger partial charge in [-0.15, -0.1) is 11.3 Å². The minimum Gasteiger partial charge on any atom is -0.343 e. The lowest BCUT2D eigenvalue weighted by Crippen LogP contribution is -2.28. The van der Waals surface area contributed by atoms with E-state index < -0.39 is 0 Å². The maximum absolute atomic E-state index is 12.3. The first-order valence-corrected chi connectivity index (χ1v) is 7.17. The zero-order valence-corrected chi connectivity index (χ0v) is 12.2. The second kappa shape index (κ2) is 6.44. The van der Waals surface area contributed by atoms with E-state index in [1.165, 1.54) is 11.3 Å². The topological polar surface area (TPSA) is 92.9 Å².